The summed E-state index contributed by atoms with van der Waals surface area (Å²) >= 11 is 1.97. The Bertz CT molecular complexity index is 393. The molecule has 1 atom stereocenters. The molecule has 2 rings (SSSR count). The van der Waals surface area contributed by atoms with Crippen molar-refractivity contribution in [1.29, 1.82) is 0 Å². The summed E-state index contributed by atoms with van der Waals surface area (Å²) in [7, 11) is 3.73. The van der Waals surface area contributed by atoms with Gasteiger partial charge < -0.3 is 14.8 Å². The fraction of sp³-hybridized carbons (Fsp3) is 0.571. The lowest BCUT2D eigenvalue weighted by Gasteiger charge is -2.28. The van der Waals surface area contributed by atoms with Gasteiger partial charge in [0.1, 0.15) is 5.75 Å². The van der Waals surface area contributed by atoms with Crippen LogP contribution < -0.4 is 10.1 Å². The van der Waals surface area contributed by atoms with E-state index in [0.717, 1.165) is 24.7 Å². The van der Waals surface area contributed by atoms with Gasteiger partial charge in [-0.25, -0.2) is 0 Å². The number of thioether (sulfide) groups is 1. The van der Waals surface area contributed by atoms with Gasteiger partial charge >= 0.3 is 0 Å². The Morgan fingerprint density at radius 2 is 2.28 bits per heavy atom. The molecular formula is C14H21NO2S. The average Bonchev–Trinajstić information content (AvgIpc) is 2.32. The highest BCUT2D eigenvalue weighted by Gasteiger charge is 2.22. The molecule has 0 aromatic heterocycles. The van der Waals surface area contributed by atoms with E-state index in [9.17, 15) is 0 Å². The Balaban J connectivity index is 2.07. The lowest BCUT2D eigenvalue weighted by molar-refractivity contribution is 0.0455. The predicted octanol–water partition coefficient (Wildman–Crippen LogP) is 2.40. The van der Waals surface area contributed by atoms with Crippen molar-refractivity contribution >= 4 is 11.8 Å². The highest BCUT2D eigenvalue weighted by atomic mass is 32.2. The van der Waals surface area contributed by atoms with Crippen LogP contribution >= 0.6 is 11.8 Å². The first kappa shape index (κ1) is 13.7. The molecule has 1 aliphatic rings. The van der Waals surface area contributed by atoms with Crippen molar-refractivity contribution in [1.82, 2.24) is 5.32 Å². The van der Waals surface area contributed by atoms with Gasteiger partial charge in [0.2, 0.25) is 0 Å². The molecule has 3 nitrogen and oxygen atoms in total. The van der Waals surface area contributed by atoms with E-state index < -0.39 is 0 Å². The highest BCUT2D eigenvalue weighted by Crippen LogP contribution is 2.30. The van der Waals surface area contributed by atoms with Crippen molar-refractivity contribution < 1.29 is 9.47 Å². The third-order valence-electron chi connectivity index (χ3n) is 3.22. The van der Waals surface area contributed by atoms with E-state index >= 15 is 0 Å². The largest absolute Gasteiger partial charge is 0.496 e. The number of rotatable bonds is 6. The molecule has 0 saturated carbocycles. The zero-order chi connectivity index (χ0) is 13.0. The SMILES string of the molecule is CNC(CSC1COC1)c1cc(C)ccc1OC. The summed E-state index contributed by atoms with van der Waals surface area (Å²) in [5.74, 6) is 2.01. The Kier molecular flexibility index (Phi) is 4.92. The lowest BCUT2D eigenvalue weighted by atomic mass is 10.0. The Labute approximate surface area is 113 Å². The van der Waals surface area contributed by atoms with Gasteiger partial charge in [0.05, 0.1) is 25.6 Å². The van der Waals surface area contributed by atoms with E-state index in [1.54, 1.807) is 7.11 Å². The Morgan fingerprint density at radius 1 is 1.50 bits per heavy atom. The maximum Gasteiger partial charge on any atom is 0.123 e. The van der Waals surface area contributed by atoms with E-state index in [0.29, 0.717) is 11.3 Å². The van der Waals surface area contributed by atoms with E-state index in [4.69, 9.17) is 9.47 Å². The molecule has 1 unspecified atom stereocenters. The second kappa shape index (κ2) is 6.45. The molecule has 100 valence electrons. The molecule has 4 heteroatoms. The van der Waals surface area contributed by atoms with Crippen LogP contribution in [0.2, 0.25) is 0 Å². The first-order valence-electron chi connectivity index (χ1n) is 6.25. The average molecular weight is 267 g/mol. The molecule has 1 aromatic carbocycles. The topological polar surface area (TPSA) is 30.5 Å². The maximum absolute atomic E-state index is 5.46. The maximum atomic E-state index is 5.46. The summed E-state index contributed by atoms with van der Waals surface area (Å²) in [4.78, 5) is 0. The van der Waals surface area contributed by atoms with Crippen molar-refractivity contribution in [3.05, 3.63) is 29.3 Å². The van der Waals surface area contributed by atoms with Crippen LogP contribution in [0.3, 0.4) is 0 Å². The minimum Gasteiger partial charge on any atom is -0.496 e. The number of ether oxygens (including phenoxy) is 2. The van der Waals surface area contributed by atoms with E-state index in [1.165, 1.54) is 11.1 Å². The number of hydrogen-bond acceptors (Lipinski definition) is 4. The van der Waals surface area contributed by atoms with Gasteiger partial charge in [-0.2, -0.15) is 11.8 Å². The predicted molar refractivity (Wildman–Crippen MR) is 76.6 cm³/mol. The van der Waals surface area contributed by atoms with Crippen LogP contribution in [-0.2, 0) is 4.74 Å². The molecule has 0 radical (unpaired) electrons. The Hall–Kier alpha value is -0.710. The number of benzene rings is 1. The molecule has 1 fully saturated rings. The molecule has 0 amide bonds. The third-order valence-corrected chi connectivity index (χ3v) is 4.48. The normalized spacial score (nSPS) is 17.3. The summed E-state index contributed by atoms with van der Waals surface area (Å²) in [6, 6.07) is 6.66. The molecule has 1 heterocycles. The van der Waals surface area contributed by atoms with Crippen molar-refractivity contribution in [2.45, 2.75) is 18.2 Å². The van der Waals surface area contributed by atoms with Crippen LogP contribution in [-0.4, -0.2) is 38.4 Å². The smallest absolute Gasteiger partial charge is 0.123 e. The van der Waals surface area contributed by atoms with Crippen molar-refractivity contribution in [3.8, 4) is 5.75 Å². The summed E-state index contributed by atoms with van der Waals surface area (Å²) in [5.41, 5.74) is 2.51. The molecule has 0 aliphatic carbocycles. The minimum absolute atomic E-state index is 0.324. The minimum atomic E-state index is 0.324. The second-order valence-electron chi connectivity index (χ2n) is 4.58. The first-order chi connectivity index (χ1) is 8.74. The number of nitrogens with one attached hydrogen (secondary N) is 1. The number of hydrogen-bond donors (Lipinski definition) is 1. The fourth-order valence-electron chi connectivity index (χ4n) is 2.00. The first-order valence-corrected chi connectivity index (χ1v) is 7.30. The molecule has 0 bridgehead atoms. The van der Waals surface area contributed by atoms with Gasteiger partial charge in [-0.15, -0.1) is 0 Å². The van der Waals surface area contributed by atoms with Crippen molar-refractivity contribution in [2.75, 3.05) is 33.1 Å². The van der Waals surface area contributed by atoms with Crippen LogP contribution in [0.4, 0.5) is 0 Å². The van der Waals surface area contributed by atoms with Crippen LogP contribution in [0, 0.1) is 6.92 Å². The van der Waals surface area contributed by atoms with E-state index in [-0.39, 0.29) is 0 Å². The summed E-state index contributed by atoms with van der Waals surface area (Å²) in [6.07, 6.45) is 0. The second-order valence-corrected chi connectivity index (χ2v) is 5.91. The highest BCUT2D eigenvalue weighted by molar-refractivity contribution is 8.00. The molecular weight excluding hydrogens is 246 g/mol. The van der Waals surface area contributed by atoms with Crippen LogP contribution in [0.25, 0.3) is 0 Å². The molecule has 1 aromatic rings. The standard InChI is InChI=1S/C14H21NO2S/c1-10-4-5-14(16-3)12(6-10)13(15-2)9-18-11-7-17-8-11/h4-6,11,13,15H,7-9H2,1-3H3. The summed E-state index contributed by atoms with van der Waals surface area (Å²) < 4.78 is 10.7. The monoisotopic (exact) mass is 267 g/mol. The van der Waals surface area contributed by atoms with Crippen molar-refractivity contribution in [3.63, 3.8) is 0 Å². The quantitative estimate of drug-likeness (QED) is 0.857. The third kappa shape index (κ3) is 3.19. The van der Waals surface area contributed by atoms with Gasteiger partial charge in [0.15, 0.2) is 0 Å². The summed E-state index contributed by atoms with van der Waals surface area (Å²) in [5, 5.41) is 4.05. The van der Waals surface area contributed by atoms with Crippen LogP contribution in [0.1, 0.15) is 17.2 Å². The van der Waals surface area contributed by atoms with Gasteiger partial charge in [-0.3, -0.25) is 0 Å². The molecule has 1 N–H and O–H groups in total. The van der Waals surface area contributed by atoms with Crippen LogP contribution in [0.15, 0.2) is 18.2 Å². The van der Waals surface area contributed by atoms with Gasteiger partial charge in [0, 0.05) is 17.4 Å². The molecule has 0 spiro atoms. The molecule has 1 saturated heterocycles. The fourth-order valence-corrected chi connectivity index (χ4v) is 3.19. The zero-order valence-electron chi connectivity index (χ0n) is 11.2. The van der Waals surface area contributed by atoms with Crippen molar-refractivity contribution in [2.24, 2.45) is 0 Å². The Morgan fingerprint density at radius 3 is 2.83 bits per heavy atom. The van der Waals surface area contributed by atoms with E-state index in [1.807, 2.05) is 24.9 Å². The van der Waals surface area contributed by atoms with Gasteiger partial charge in [0.25, 0.3) is 0 Å². The van der Waals surface area contributed by atoms with Crippen LogP contribution in [0.5, 0.6) is 5.75 Å². The number of methoxy groups -OCH3 is 1. The number of aryl methyl sites for hydroxylation is 1. The summed E-state index contributed by atoms with van der Waals surface area (Å²) in [6.45, 7) is 3.90. The molecule has 1 aliphatic heterocycles. The van der Waals surface area contributed by atoms with Gasteiger partial charge in [-0.05, 0) is 20.0 Å². The van der Waals surface area contributed by atoms with E-state index in [2.05, 4.69) is 24.4 Å². The zero-order valence-corrected chi connectivity index (χ0v) is 12.0. The molecule has 18 heavy (non-hydrogen) atoms. The lowest BCUT2D eigenvalue weighted by Crippen LogP contribution is -2.32. The van der Waals surface area contributed by atoms with Gasteiger partial charge in [-0.1, -0.05) is 17.7 Å².